The van der Waals surface area contributed by atoms with E-state index in [1.165, 1.54) is 18.1 Å². The van der Waals surface area contributed by atoms with Crippen molar-refractivity contribution in [3.63, 3.8) is 0 Å². The Balaban J connectivity index is 4.54. The summed E-state index contributed by atoms with van der Waals surface area (Å²) < 4.78 is 6.23. The summed E-state index contributed by atoms with van der Waals surface area (Å²) in [6.07, 6.45) is 7.90. The predicted octanol–water partition coefficient (Wildman–Crippen LogP) is 5.04. The summed E-state index contributed by atoms with van der Waals surface area (Å²) in [5, 5.41) is 0. The van der Waals surface area contributed by atoms with Crippen molar-refractivity contribution < 1.29 is 4.43 Å². The molecule has 0 radical (unpaired) electrons. The van der Waals surface area contributed by atoms with Crippen LogP contribution in [0.3, 0.4) is 0 Å². The van der Waals surface area contributed by atoms with Crippen molar-refractivity contribution in [3.8, 4) is 0 Å². The van der Waals surface area contributed by atoms with Crippen LogP contribution in [-0.2, 0) is 4.43 Å². The van der Waals surface area contributed by atoms with E-state index >= 15 is 0 Å². The van der Waals surface area contributed by atoms with Crippen LogP contribution in [0.25, 0.3) is 0 Å². The number of hydrogen-bond acceptors (Lipinski definition) is 1. The fraction of sp³-hybridized carbons (Fsp3) is 0.571. The van der Waals surface area contributed by atoms with Crippen molar-refractivity contribution in [1.82, 2.24) is 0 Å². The molecule has 0 N–H and O–H groups in total. The molecule has 0 fully saturated rings. The average Bonchev–Trinajstić information content (AvgIpc) is 2.34. The Kier molecular flexibility index (Phi) is 8.00. The minimum Gasteiger partial charge on any atom is -0.544 e. The molecule has 0 atom stereocenters. The van der Waals surface area contributed by atoms with Crippen LogP contribution in [0, 0.1) is 0 Å². The quantitative estimate of drug-likeness (QED) is 0.180. The summed E-state index contributed by atoms with van der Waals surface area (Å²) in [5.74, 6) is 0.971. The van der Waals surface area contributed by atoms with Crippen LogP contribution in [0.4, 0.5) is 0 Å². The molecule has 0 unspecified atom stereocenters. The van der Waals surface area contributed by atoms with Crippen LogP contribution in [0.5, 0.6) is 0 Å². The standard InChI is InChI=1S/C14H26OSi/c1-6-11-12-13-14(7-2)15-16(8-3,9-4)10-5/h6-7,13H,1-2,8-12H2,3-5H3. The molecule has 0 aromatic rings. The van der Waals surface area contributed by atoms with Crippen LogP contribution < -0.4 is 0 Å². The van der Waals surface area contributed by atoms with E-state index in [4.69, 9.17) is 4.43 Å². The predicted molar refractivity (Wildman–Crippen MR) is 76.0 cm³/mol. The first-order valence-electron chi connectivity index (χ1n) is 6.30. The first-order chi connectivity index (χ1) is 7.67. The summed E-state index contributed by atoms with van der Waals surface area (Å²) >= 11 is 0. The summed E-state index contributed by atoms with van der Waals surface area (Å²) in [7, 11) is -1.53. The molecule has 0 aliphatic heterocycles. The van der Waals surface area contributed by atoms with E-state index < -0.39 is 8.32 Å². The Morgan fingerprint density at radius 3 is 2.00 bits per heavy atom. The lowest BCUT2D eigenvalue weighted by Crippen LogP contribution is -2.35. The number of allylic oxidation sites excluding steroid dienone is 3. The molecule has 0 aromatic carbocycles. The maximum atomic E-state index is 6.23. The van der Waals surface area contributed by atoms with Gasteiger partial charge in [0.2, 0.25) is 8.32 Å². The van der Waals surface area contributed by atoms with Crippen LogP contribution in [0.15, 0.2) is 37.1 Å². The second-order valence-electron chi connectivity index (χ2n) is 4.02. The van der Waals surface area contributed by atoms with Gasteiger partial charge < -0.3 is 4.43 Å². The van der Waals surface area contributed by atoms with Crippen molar-refractivity contribution >= 4 is 8.32 Å². The van der Waals surface area contributed by atoms with E-state index in [0.717, 1.165) is 18.6 Å². The van der Waals surface area contributed by atoms with Gasteiger partial charge in [0.05, 0.1) is 5.76 Å². The molecule has 0 saturated heterocycles. The smallest absolute Gasteiger partial charge is 0.250 e. The highest BCUT2D eigenvalue weighted by Gasteiger charge is 2.30. The molecule has 0 bridgehead atoms. The van der Waals surface area contributed by atoms with Crippen molar-refractivity contribution in [1.29, 1.82) is 0 Å². The number of rotatable bonds is 9. The van der Waals surface area contributed by atoms with Gasteiger partial charge in [0.15, 0.2) is 0 Å². The van der Waals surface area contributed by atoms with Crippen molar-refractivity contribution in [2.24, 2.45) is 0 Å². The number of hydrogen-bond donors (Lipinski definition) is 0. The normalized spacial score (nSPS) is 12.3. The molecule has 1 nitrogen and oxygen atoms in total. The Hall–Kier alpha value is -0.763. The maximum absolute atomic E-state index is 6.23. The van der Waals surface area contributed by atoms with E-state index in [1.54, 1.807) is 0 Å². The van der Waals surface area contributed by atoms with Crippen LogP contribution in [0.2, 0.25) is 18.1 Å². The zero-order valence-electron chi connectivity index (χ0n) is 11.1. The van der Waals surface area contributed by atoms with Crippen molar-refractivity contribution in [2.45, 2.75) is 51.7 Å². The number of unbranched alkanes of at least 4 members (excludes halogenated alkanes) is 1. The Bertz CT molecular complexity index is 231. The summed E-state index contributed by atoms with van der Waals surface area (Å²) in [6, 6.07) is 3.52. The average molecular weight is 238 g/mol. The third-order valence-corrected chi connectivity index (χ3v) is 7.72. The molecule has 0 rings (SSSR count). The van der Waals surface area contributed by atoms with Gasteiger partial charge in [-0.15, -0.1) is 6.58 Å². The zero-order chi connectivity index (χ0) is 12.4. The topological polar surface area (TPSA) is 9.23 Å². The van der Waals surface area contributed by atoms with E-state index in [-0.39, 0.29) is 0 Å². The van der Waals surface area contributed by atoms with Gasteiger partial charge in [-0.2, -0.15) is 0 Å². The molecule has 2 heteroatoms. The molecule has 0 amide bonds. The minimum atomic E-state index is -1.53. The lowest BCUT2D eigenvalue weighted by Gasteiger charge is -2.29. The third-order valence-electron chi connectivity index (χ3n) is 3.18. The van der Waals surface area contributed by atoms with Gasteiger partial charge in [0.1, 0.15) is 0 Å². The van der Waals surface area contributed by atoms with E-state index in [9.17, 15) is 0 Å². The molecule has 0 spiro atoms. The first-order valence-corrected chi connectivity index (χ1v) is 8.83. The monoisotopic (exact) mass is 238 g/mol. The fourth-order valence-electron chi connectivity index (χ4n) is 1.73. The maximum Gasteiger partial charge on any atom is 0.250 e. The molecule has 16 heavy (non-hydrogen) atoms. The largest absolute Gasteiger partial charge is 0.544 e. The summed E-state index contributed by atoms with van der Waals surface area (Å²) in [5.41, 5.74) is 0. The third kappa shape index (κ3) is 4.84. The Morgan fingerprint density at radius 1 is 1.06 bits per heavy atom. The SMILES string of the molecule is C=CCCC=C(C=C)O[Si](CC)(CC)CC. The Labute approximate surface area is 102 Å². The van der Waals surface area contributed by atoms with Crippen LogP contribution in [0.1, 0.15) is 33.6 Å². The van der Waals surface area contributed by atoms with Gasteiger partial charge in [-0.25, -0.2) is 0 Å². The van der Waals surface area contributed by atoms with Gasteiger partial charge in [-0.1, -0.05) is 33.4 Å². The molecule has 0 saturated carbocycles. The van der Waals surface area contributed by atoms with Gasteiger partial charge in [-0.05, 0) is 43.1 Å². The van der Waals surface area contributed by atoms with Crippen LogP contribution in [-0.4, -0.2) is 8.32 Å². The zero-order valence-corrected chi connectivity index (χ0v) is 12.1. The molecule has 0 aliphatic carbocycles. The lowest BCUT2D eigenvalue weighted by atomic mass is 10.3. The lowest BCUT2D eigenvalue weighted by molar-refractivity contribution is 0.420. The van der Waals surface area contributed by atoms with Gasteiger partial charge in [-0.3, -0.25) is 0 Å². The fourth-order valence-corrected chi connectivity index (χ4v) is 4.33. The molecule has 92 valence electrons. The highest BCUT2D eigenvalue weighted by molar-refractivity contribution is 6.73. The summed E-state index contributed by atoms with van der Waals surface area (Å²) in [4.78, 5) is 0. The van der Waals surface area contributed by atoms with Crippen molar-refractivity contribution in [2.75, 3.05) is 0 Å². The van der Waals surface area contributed by atoms with Crippen molar-refractivity contribution in [3.05, 3.63) is 37.1 Å². The Morgan fingerprint density at radius 2 is 1.62 bits per heavy atom. The van der Waals surface area contributed by atoms with Crippen LogP contribution >= 0.6 is 0 Å². The van der Waals surface area contributed by atoms with E-state index in [1.807, 2.05) is 12.2 Å². The molecule has 0 heterocycles. The second-order valence-corrected chi connectivity index (χ2v) is 8.71. The van der Waals surface area contributed by atoms with Gasteiger partial charge in [0, 0.05) is 0 Å². The molecule has 0 aromatic heterocycles. The first kappa shape index (κ1) is 15.2. The van der Waals surface area contributed by atoms with Gasteiger partial charge in [0.25, 0.3) is 0 Å². The van der Waals surface area contributed by atoms with E-state index in [2.05, 4.69) is 40.0 Å². The minimum absolute atomic E-state index is 0.971. The highest BCUT2D eigenvalue weighted by atomic mass is 28.4. The second kappa shape index (κ2) is 8.40. The summed E-state index contributed by atoms with van der Waals surface area (Å²) in [6.45, 7) is 14.3. The molecular formula is C14H26OSi. The van der Waals surface area contributed by atoms with Gasteiger partial charge >= 0.3 is 0 Å². The van der Waals surface area contributed by atoms with E-state index in [0.29, 0.717) is 0 Å². The molecule has 0 aliphatic rings. The molecular weight excluding hydrogens is 212 g/mol. The highest BCUT2D eigenvalue weighted by Crippen LogP contribution is 2.25.